The summed E-state index contributed by atoms with van der Waals surface area (Å²) in [6.45, 7) is 3.07. The average Bonchev–Trinajstić information content (AvgIpc) is 2.54. The Morgan fingerprint density at radius 2 is 1.65 bits per heavy atom. The number of halogens is 2. The molecule has 0 saturated heterocycles. The molecule has 5 heteroatoms. The van der Waals surface area contributed by atoms with Crippen LogP contribution in [0.25, 0.3) is 0 Å². The monoisotopic (exact) mass is 317 g/mol. The van der Waals surface area contributed by atoms with Crippen LogP contribution in [0.2, 0.25) is 0 Å². The third kappa shape index (κ3) is 5.06. The van der Waals surface area contributed by atoms with Gasteiger partial charge in [-0.05, 0) is 31.0 Å². The van der Waals surface area contributed by atoms with Gasteiger partial charge >= 0.3 is 0 Å². The zero-order valence-corrected chi connectivity index (χ0v) is 13.4. The molecule has 0 unspecified atom stereocenters. The van der Waals surface area contributed by atoms with Crippen molar-refractivity contribution in [3.63, 3.8) is 0 Å². The lowest BCUT2D eigenvalue weighted by Crippen LogP contribution is -2.38. The maximum atomic E-state index is 13.5. The number of nitrogens with one attached hydrogen (secondary N) is 2. The standard InChI is InChI=1S/C18H21F2N3/c1-13-6-8-14(9-7-13)12-23-18(21-2)22-11-10-15-16(19)4-3-5-17(15)20/h3-9H,10-12H2,1-2H3,(H2,21,22,23). The molecule has 0 atom stereocenters. The highest BCUT2D eigenvalue weighted by molar-refractivity contribution is 5.79. The average molecular weight is 317 g/mol. The van der Waals surface area contributed by atoms with E-state index in [0.29, 0.717) is 19.0 Å². The fraction of sp³-hybridized carbons (Fsp3) is 0.278. The molecule has 2 aromatic carbocycles. The van der Waals surface area contributed by atoms with Crippen molar-refractivity contribution in [1.82, 2.24) is 10.6 Å². The first-order valence-corrected chi connectivity index (χ1v) is 7.53. The van der Waals surface area contributed by atoms with Gasteiger partial charge in [0.25, 0.3) is 0 Å². The first-order valence-electron chi connectivity index (χ1n) is 7.53. The third-order valence-electron chi connectivity index (χ3n) is 3.53. The van der Waals surface area contributed by atoms with E-state index in [9.17, 15) is 8.78 Å². The summed E-state index contributed by atoms with van der Waals surface area (Å²) in [6, 6.07) is 12.1. The van der Waals surface area contributed by atoms with Gasteiger partial charge in [-0.2, -0.15) is 0 Å². The number of aliphatic imine (C=N–C) groups is 1. The number of hydrogen-bond donors (Lipinski definition) is 2. The quantitative estimate of drug-likeness (QED) is 0.656. The predicted molar refractivity (Wildman–Crippen MR) is 89.4 cm³/mol. The largest absolute Gasteiger partial charge is 0.356 e. The maximum Gasteiger partial charge on any atom is 0.191 e. The Hall–Kier alpha value is -2.43. The van der Waals surface area contributed by atoms with E-state index in [2.05, 4.69) is 15.6 Å². The zero-order chi connectivity index (χ0) is 16.7. The Balaban J connectivity index is 1.82. The molecule has 0 aliphatic carbocycles. The van der Waals surface area contributed by atoms with E-state index in [0.717, 1.165) is 5.56 Å². The molecule has 0 aliphatic heterocycles. The van der Waals surface area contributed by atoms with Gasteiger partial charge in [0, 0.05) is 25.7 Å². The molecule has 0 bridgehead atoms. The first-order chi connectivity index (χ1) is 11.1. The van der Waals surface area contributed by atoms with E-state index in [1.165, 1.54) is 23.8 Å². The fourth-order valence-electron chi connectivity index (χ4n) is 2.19. The van der Waals surface area contributed by atoms with Crippen molar-refractivity contribution in [2.24, 2.45) is 4.99 Å². The van der Waals surface area contributed by atoms with Gasteiger partial charge in [-0.1, -0.05) is 35.9 Å². The number of hydrogen-bond acceptors (Lipinski definition) is 1. The topological polar surface area (TPSA) is 36.4 Å². The van der Waals surface area contributed by atoms with Crippen LogP contribution in [0.15, 0.2) is 47.5 Å². The van der Waals surface area contributed by atoms with Gasteiger partial charge in [0.15, 0.2) is 5.96 Å². The van der Waals surface area contributed by atoms with Crippen LogP contribution in [0.4, 0.5) is 8.78 Å². The molecular formula is C18H21F2N3. The fourth-order valence-corrected chi connectivity index (χ4v) is 2.19. The summed E-state index contributed by atoms with van der Waals surface area (Å²) < 4.78 is 27.1. The second-order valence-corrected chi connectivity index (χ2v) is 5.29. The molecule has 23 heavy (non-hydrogen) atoms. The van der Waals surface area contributed by atoms with E-state index < -0.39 is 11.6 Å². The SMILES string of the molecule is CN=C(NCCc1c(F)cccc1F)NCc1ccc(C)cc1. The first kappa shape index (κ1) is 16.9. The molecule has 2 aromatic rings. The van der Waals surface area contributed by atoms with E-state index >= 15 is 0 Å². The molecule has 2 rings (SSSR count). The van der Waals surface area contributed by atoms with Crippen LogP contribution < -0.4 is 10.6 Å². The molecule has 3 nitrogen and oxygen atoms in total. The van der Waals surface area contributed by atoms with Gasteiger partial charge in [0.1, 0.15) is 11.6 Å². The summed E-state index contributed by atoms with van der Waals surface area (Å²) in [4.78, 5) is 4.10. The third-order valence-corrected chi connectivity index (χ3v) is 3.53. The Morgan fingerprint density at radius 1 is 1.00 bits per heavy atom. The summed E-state index contributed by atoms with van der Waals surface area (Å²) in [5, 5.41) is 6.23. The molecule has 122 valence electrons. The maximum absolute atomic E-state index is 13.5. The van der Waals surface area contributed by atoms with Crippen LogP contribution in [0.5, 0.6) is 0 Å². The molecule has 0 saturated carbocycles. The summed E-state index contributed by atoms with van der Waals surface area (Å²) in [5.74, 6) is -0.439. The van der Waals surface area contributed by atoms with Crippen LogP contribution in [0.1, 0.15) is 16.7 Å². The molecule has 0 heterocycles. The second-order valence-electron chi connectivity index (χ2n) is 5.29. The van der Waals surface area contributed by atoms with Crippen molar-refractivity contribution in [1.29, 1.82) is 0 Å². The number of nitrogens with zero attached hydrogens (tertiary/aromatic N) is 1. The highest BCUT2D eigenvalue weighted by atomic mass is 19.1. The molecule has 0 fully saturated rings. The smallest absolute Gasteiger partial charge is 0.191 e. The summed E-state index contributed by atoms with van der Waals surface area (Å²) in [5.41, 5.74) is 2.44. The number of aryl methyl sites for hydroxylation is 1. The van der Waals surface area contributed by atoms with Gasteiger partial charge in [-0.25, -0.2) is 8.78 Å². The Bertz CT molecular complexity index is 646. The number of benzene rings is 2. The van der Waals surface area contributed by atoms with Crippen LogP contribution in [-0.4, -0.2) is 19.6 Å². The second kappa shape index (κ2) is 8.27. The van der Waals surface area contributed by atoms with Crippen molar-refractivity contribution < 1.29 is 8.78 Å². The molecule has 0 aliphatic rings. The van der Waals surface area contributed by atoms with Crippen molar-refractivity contribution in [2.75, 3.05) is 13.6 Å². The van der Waals surface area contributed by atoms with Crippen molar-refractivity contribution in [2.45, 2.75) is 19.9 Å². The highest BCUT2D eigenvalue weighted by Crippen LogP contribution is 2.12. The van der Waals surface area contributed by atoms with Crippen LogP contribution in [0.3, 0.4) is 0 Å². The van der Waals surface area contributed by atoms with E-state index in [-0.39, 0.29) is 12.0 Å². The van der Waals surface area contributed by atoms with Crippen LogP contribution in [-0.2, 0) is 13.0 Å². The van der Waals surface area contributed by atoms with Gasteiger partial charge in [0.05, 0.1) is 0 Å². The molecule has 0 amide bonds. The van der Waals surface area contributed by atoms with Crippen LogP contribution >= 0.6 is 0 Å². The number of rotatable bonds is 5. The minimum absolute atomic E-state index is 0.0917. The van der Waals surface area contributed by atoms with Gasteiger partial charge in [-0.15, -0.1) is 0 Å². The van der Waals surface area contributed by atoms with E-state index in [4.69, 9.17) is 0 Å². The Kier molecular flexibility index (Phi) is 6.09. The molecule has 0 aromatic heterocycles. The van der Waals surface area contributed by atoms with Crippen molar-refractivity contribution >= 4 is 5.96 Å². The Labute approximate surface area is 135 Å². The van der Waals surface area contributed by atoms with Crippen molar-refractivity contribution in [3.8, 4) is 0 Å². The lowest BCUT2D eigenvalue weighted by atomic mass is 10.1. The summed E-state index contributed by atoms with van der Waals surface area (Å²) in [6.07, 6.45) is 0.254. The lowest BCUT2D eigenvalue weighted by Gasteiger charge is -2.12. The minimum atomic E-state index is -0.519. The normalized spacial score (nSPS) is 11.4. The number of guanidine groups is 1. The van der Waals surface area contributed by atoms with Gasteiger partial charge < -0.3 is 10.6 Å². The van der Waals surface area contributed by atoms with Crippen molar-refractivity contribution in [3.05, 3.63) is 70.8 Å². The molecule has 2 N–H and O–H groups in total. The van der Waals surface area contributed by atoms with Gasteiger partial charge in [-0.3, -0.25) is 4.99 Å². The summed E-state index contributed by atoms with van der Waals surface area (Å²) in [7, 11) is 1.66. The predicted octanol–water partition coefficient (Wildman–Crippen LogP) is 3.18. The molecule has 0 radical (unpaired) electrons. The Morgan fingerprint density at radius 3 is 2.26 bits per heavy atom. The zero-order valence-electron chi connectivity index (χ0n) is 13.4. The molecular weight excluding hydrogens is 296 g/mol. The highest BCUT2D eigenvalue weighted by Gasteiger charge is 2.08. The van der Waals surface area contributed by atoms with Gasteiger partial charge in [0.2, 0.25) is 0 Å². The lowest BCUT2D eigenvalue weighted by molar-refractivity contribution is 0.553. The molecule has 0 spiro atoms. The van der Waals surface area contributed by atoms with E-state index in [1.807, 2.05) is 31.2 Å². The van der Waals surface area contributed by atoms with E-state index in [1.54, 1.807) is 7.05 Å². The minimum Gasteiger partial charge on any atom is -0.356 e. The summed E-state index contributed by atoms with van der Waals surface area (Å²) >= 11 is 0. The van der Waals surface area contributed by atoms with Crippen LogP contribution in [0, 0.1) is 18.6 Å².